The van der Waals surface area contributed by atoms with Crippen molar-refractivity contribution in [2.45, 2.75) is 13.1 Å². The first kappa shape index (κ1) is 17.7. The van der Waals surface area contributed by atoms with Crippen LogP contribution in [0.15, 0.2) is 64.6 Å². The van der Waals surface area contributed by atoms with Crippen LogP contribution in [0.1, 0.15) is 10.6 Å². The molecule has 1 aromatic carbocycles. The minimum atomic E-state index is -0.485. The van der Waals surface area contributed by atoms with Crippen LogP contribution in [0.3, 0.4) is 0 Å². The third kappa shape index (κ3) is 4.70. The van der Waals surface area contributed by atoms with Gasteiger partial charge in [0.1, 0.15) is 11.5 Å². The van der Waals surface area contributed by atoms with Gasteiger partial charge < -0.3 is 14.1 Å². The van der Waals surface area contributed by atoms with E-state index in [4.69, 9.17) is 9.15 Å². The Morgan fingerprint density at radius 3 is 2.58 bits per heavy atom. The van der Waals surface area contributed by atoms with Crippen LogP contribution >= 0.6 is 11.3 Å². The molecule has 7 nitrogen and oxygen atoms in total. The van der Waals surface area contributed by atoms with E-state index in [1.807, 2.05) is 23.6 Å². The van der Waals surface area contributed by atoms with Gasteiger partial charge >= 0.3 is 0 Å². The normalized spacial score (nSPS) is 10.5. The van der Waals surface area contributed by atoms with Gasteiger partial charge in [0.15, 0.2) is 6.61 Å². The first-order valence-corrected chi connectivity index (χ1v) is 8.69. The number of amides is 1. The molecular formula is C18H16N2O5S. The van der Waals surface area contributed by atoms with Gasteiger partial charge in [0.2, 0.25) is 0 Å². The van der Waals surface area contributed by atoms with Gasteiger partial charge in [0.25, 0.3) is 11.6 Å². The Morgan fingerprint density at radius 2 is 1.96 bits per heavy atom. The van der Waals surface area contributed by atoms with Gasteiger partial charge in [-0.3, -0.25) is 14.9 Å². The summed E-state index contributed by atoms with van der Waals surface area (Å²) in [5.41, 5.74) is -0.0270. The number of carbonyl (C=O) groups excluding carboxylic acids is 1. The van der Waals surface area contributed by atoms with Crippen LogP contribution in [0.4, 0.5) is 5.69 Å². The average molecular weight is 372 g/mol. The molecule has 0 atom stereocenters. The number of nitro groups is 1. The van der Waals surface area contributed by atoms with E-state index in [9.17, 15) is 14.9 Å². The predicted octanol–water partition coefficient (Wildman–Crippen LogP) is 3.86. The van der Waals surface area contributed by atoms with E-state index >= 15 is 0 Å². The highest BCUT2D eigenvalue weighted by molar-refractivity contribution is 7.09. The Bertz CT molecular complexity index is 808. The molecule has 0 aliphatic carbocycles. The summed E-state index contributed by atoms with van der Waals surface area (Å²) in [7, 11) is 0. The first-order valence-electron chi connectivity index (χ1n) is 7.81. The molecule has 0 spiro atoms. The molecule has 0 saturated carbocycles. The predicted molar refractivity (Wildman–Crippen MR) is 95.9 cm³/mol. The molecule has 8 heteroatoms. The summed E-state index contributed by atoms with van der Waals surface area (Å²) in [4.78, 5) is 25.5. The molecule has 0 radical (unpaired) electrons. The number of ether oxygens (including phenoxy) is 1. The molecule has 3 aromatic rings. The number of rotatable bonds is 8. The third-order valence-electron chi connectivity index (χ3n) is 3.62. The molecule has 0 aliphatic heterocycles. The molecule has 134 valence electrons. The Labute approximate surface area is 153 Å². The number of non-ortho nitro benzene ring substituents is 1. The molecule has 0 unspecified atom stereocenters. The van der Waals surface area contributed by atoms with Crippen LogP contribution in [0.25, 0.3) is 0 Å². The maximum absolute atomic E-state index is 12.6. The van der Waals surface area contributed by atoms with Crippen LogP contribution in [0.2, 0.25) is 0 Å². The molecule has 3 rings (SSSR count). The summed E-state index contributed by atoms with van der Waals surface area (Å²) >= 11 is 1.57. The summed E-state index contributed by atoms with van der Waals surface area (Å²) in [6, 6.07) is 13.1. The van der Waals surface area contributed by atoms with Crippen LogP contribution in [-0.2, 0) is 17.9 Å². The minimum Gasteiger partial charge on any atom is -0.484 e. The second kappa shape index (κ2) is 8.30. The summed E-state index contributed by atoms with van der Waals surface area (Å²) in [6.45, 7) is 0.637. The number of hydrogen-bond donors (Lipinski definition) is 0. The molecule has 2 aromatic heterocycles. The maximum atomic E-state index is 12.6. The highest BCUT2D eigenvalue weighted by atomic mass is 32.1. The fourth-order valence-corrected chi connectivity index (χ4v) is 3.03. The van der Waals surface area contributed by atoms with Crippen molar-refractivity contribution in [3.05, 3.63) is 80.9 Å². The number of thiophene rings is 1. The maximum Gasteiger partial charge on any atom is 0.269 e. The summed E-state index contributed by atoms with van der Waals surface area (Å²) < 4.78 is 10.8. The number of hydrogen-bond acceptors (Lipinski definition) is 6. The second-order valence-electron chi connectivity index (χ2n) is 5.45. The number of furan rings is 1. The summed E-state index contributed by atoms with van der Waals surface area (Å²) in [5, 5.41) is 12.6. The largest absolute Gasteiger partial charge is 0.484 e. The van der Waals surface area contributed by atoms with E-state index in [1.54, 1.807) is 28.6 Å². The zero-order valence-corrected chi connectivity index (χ0v) is 14.6. The first-order chi connectivity index (χ1) is 12.6. The quantitative estimate of drug-likeness (QED) is 0.443. The molecule has 1 amide bonds. The van der Waals surface area contributed by atoms with E-state index < -0.39 is 4.92 Å². The van der Waals surface area contributed by atoms with Crippen molar-refractivity contribution in [1.82, 2.24) is 4.90 Å². The number of carbonyl (C=O) groups is 1. The SMILES string of the molecule is O=C(COc1ccc([N+](=O)[O-])cc1)N(Cc1ccco1)Cc1cccs1. The Kier molecular flexibility index (Phi) is 5.65. The molecule has 2 heterocycles. The lowest BCUT2D eigenvalue weighted by Crippen LogP contribution is -2.33. The minimum absolute atomic E-state index is 0.0270. The van der Waals surface area contributed by atoms with Crippen LogP contribution in [-0.4, -0.2) is 22.3 Å². The summed E-state index contributed by atoms with van der Waals surface area (Å²) in [6.07, 6.45) is 1.57. The third-order valence-corrected chi connectivity index (χ3v) is 4.48. The van der Waals surface area contributed by atoms with E-state index in [-0.39, 0.29) is 18.2 Å². The highest BCUT2D eigenvalue weighted by Gasteiger charge is 2.17. The van der Waals surface area contributed by atoms with Crippen LogP contribution in [0, 0.1) is 10.1 Å². The monoisotopic (exact) mass is 372 g/mol. The van der Waals surface area contributed by atoms with Crippen molar-refractivity contribution in [2.24, 2.45) is 0 Å². The number of nitrogens with zero attached hydrogens (tertiary/aromatic N) is 2. The van der Waals surface area contributed by atoms with Gasteiger partial charge in [-0.25, -0.2) is 0 Å². The van der Waals surface area contributed by atoms with E-state index in [0.29, 0.717) is 24.6 Å². The zero-order valence-electron chi connectivity index (χ0n) is 13.7. The molecule has 26 heavy (non-hydrogen) atoms. The second-order valence-corrected chi connectivity index (χ2v) is 6.48. The van der Waals surface area contributed by atoms with Crippen LogP contribution in [0.5, 0.6) is 5.75 Å². The standard InChI is InChI=1S/C18H16N2O5S/c21-18(13-25-15-7-5-14(6-8-15)20(22)23)19(11-16-3-1-9-24-16)12-17-4-2-10-26-17/h1-10H,11-13H2. The van der Waals surface area contributed by atoms with Gasteiger partial charge in [-0.1, -0.05) is 6.07 Å². The van der Waals surface area contributed by atoms with Crippen molar-refractivity contribution in [1.29, 1.82) is 0 Å². The van der Waals surface area contributed by atoms with Gasteiger partial charge in [0.05, 0.1) is 24.3 Å². The molecule has 0 aliphatic rings. The smallest absolute Gasteiger partial charge is 0.269 e. The van der Waals surface area contributed by atoms with Crippen molar-refractivity contribution in [2.75, 3.05) is 6.61 Å². The molecule has 0 bridgehead atoms. The lowest BCUT2D eigenvalue weighted by atomic mass is 10.3. The molecule has 0 fully saturated rings. The fourth-order valence-electron chi connectivity index (χ4n) is 2.31. The number of benzene rings is 1. The van der Waals surface area contributed by atoms with E-state index in [1.165, 1.54) is 24.3 Å². The summed E-state index contributed by atoms with van der Waals surface area (Å²) in [5.74, 6) is 0.886. The topological polar surface area (TPSA) is 85.8 Å². The van der Waals surface area contributed by atoms with Gasteiger partial charge in [-0.2, -0.15) is 0 Å². The Balaban J connectivity index is 1.63. The highest BCUT2D eigenvalue weighted by Crippen LogP contribution is 2.18. The van der Waals surface area contributed by atoms with Crippen molar-refractivity contribution < 1.29 is 18.9 Å². The van der Waals surface area contributed by atoms with Gasteiger partial charge in [0, 0.05) is 17.0 Å². The molecule has 0 N–H and O–H groups in total. The van der Waals surface area contributed by atoms with Gasteiger partial charge in [-0.15, -0.1) is 11.3 Å². The average Bonchev–Trinajstić information content (AvgIpc) is 3.33. The van der Waals surface area contributed by atoms with Crippen molar-refractivity contribution >= 4 is 22.9 Å². The Hall–Kier alpha value is -3.13. The Morgan fingerprint density at radius 1 is 1.15 bits per heavy atom. The lowest BCUT2D eigenvalue weighted by Gasteiger charge is -2.21. The van der Waals surface area contributed by atoms with Crippen molar-refractivity contribution in [3.63, 3.8) is 0 Å². The lowest BCUT2D eigenvalue weighted by molar-refractivity contribution is -0.384. The van der Waals surface area contributed by atoms with E-state index in [2.05, 4.69) is 0 Å². The van der Waals surface area contributed by atoms with E-state index in [0.717, 1.165) is 4.88 Å². The fraction of sp³-hybridized carbons (Fsp3) is 0.167. The molecule has 0 saturated heterocycles. The van der Waals surface area contributed by atoms with Crippen LogP contribution < -0.4 is 4.74 Å². The number of nitro benzene ring substituents is 1. The molecular weight excluding hydrogens is 356 g/mol. The van der Waals surface area contributed by atoms with Crippen molar-refractivity contribution in [3.8, 4) is 5.75 Å². The zero-order chi connectivity index (χ0) is 18.4. The van der Waals surface area contributed by atoms with Gasteiger partial charge in [-0.05, 0) is 35.7 Å².